The van der Waals surface area contributed by atoms with Crippen molar-refractivity contribution in [3.8, 4) is 11.1 Å². The molecule has 0 unspecified atom stereocenters. The van der Waals surface area contributed by atoms with Crippen LogP contribution >= 0.6 is 23.2 Å². The highest BCUT2D eigenvalue weighted by atomic mass is 35.5. The quantitative estimate of drug-likeness (QED) is 0.811. The maximum absolute atomic E-state index is 14.5. The summed E-state index contributed by atoms with van der Waals surface area (Å²) in [5.41, 5.74) is -0.0710. The fourth-order valence-corrected chi connectivity index (χ4v) is 2.83. The van der Waals surface area contributed by atoms with Gasteiger partial charge in [0.25, 0.3) is 5.56 Å². The molecule has 1 aromatic heterocycles. The predicted octanol–water partition coefficient (Wildman–Crippen LogP) is 2.79. The maximum Gasteiger partial charge on any atom is 0.277 e. The number of hydrogen-bond acceptors (Lipinski definition) is 2. The van der Waals surface area contributed by atoms with E-state index in [1.807, 2.05) is 0 Å². The molecule has 20 heavy (non-hydrogen) atoms. The van der Waals surface area contributed by atoms with Crippen molar-refractivity contribution in [3.05, 3.63) is 44.5 Å². The van der Waals surface area contributed by atoms with Crippen LogP contribution in [0.2, 0.25) is 10.0 Å². The third-order valence-corrected chi connectivity index (χ3v) is 3.82. The molecule has 0 atom stereocenters. The van der Waals surface area contributed by atoms with Crippen molar-refractivity contribution >= 4 is 23.2 Å². The molecule has 0 saturated carbocycles. The molecule has 0 fully saturated rings. The molecule has 0 saturated heterocycles. The molecule has 2 heterocycles. The SMILES string of the molecule is O=c1c(-c2ccc(Cl)cc2Cl)c(F)n2n1CCOCC2. The maximum atomic E-state index is 14.5. The van der Waals surface area contributed by atoms with Crippen molar-refractivity contribution < 1.29 is 9.13 Å². The van der Waals surface area contributed by atoms with E-state index in [0.717, 1.165) is 0 Å². The lowest BCUT2D eigenvalue weighted by atomic mass is 10.1. The first-order chi connectivity index (χ1) is 9.59. The van der Waals surface area contributed by atoms with E-state index in [1.165, 1.54) is 15.4 Å². The number of benzene rings is 1. The summed E-state index contributed by atoms with van der Waals surface area (Å²) in [7, 11) is 0. The van der Waals surface area contributed by atoms with Gasteiger partial charge in [-0.05, 0) is 12.1 Å². The lowest BCUT2D eigenvalue weighted by Crippen LogP contribution is -2.23. The highest BCUT2D eigenvalue weighted by Crippen LogP contribution is 2.30. The Morgan fingerprint density at radius 1 is 1.15 bits per heavy atom. The summed E-state index contributed by atoms with van der Waals surface area (Å²) >= 11 is 11.9. The van der Waals surface area contributed by atoms with Crippen LogP contribution in [-0.4, -0.2) is 22.6 Å². The van der Waals surface area contributed by atoms with E-state index in [0.29, 0.717) is 36.9 Å². The lowest BCUT2D eigenvalue weighted by Gasteiger charge is -2.05. The van der Waals surface area contributed by atoms with Crippen molar-refractivity contribution in [3.63, 3.8) is 0 Å². The number of aromatic nitrogens is 2. The molecular formula is C13H11Cl2FN2O2. The van der Waals surface area contributed by atoms with E-state index in [2.05, 4.69) is 0 Å². The van der Waals surface area contributed by atoms with Gasteiger partial charge in [-0.1, -0.05) is 29.3 Å². The second kappa shape index (κ2) is 5.24. The first kappa shape index (κ1) is 13.7. The minimum Gasteiger partial charge on any atom is -0.378 e. The van der Waals surface area contributed by atoms with Crippen LogP contribution in [0.3, 0.4) is 0 Å². The first-order valence-electron chi connectivity index (χ1n) is 6.12. The summed E-state index contributed by atoms with van der Waals surface area (Å²) in [4.78, 5) is 12.4. The lowest BCUT2D eigenvalue weighted by molar-refractivity contribution is 0.136. The van der Waals surface area contributed by atoms with Crippen LogP contribution in [0.5, 0.6) is 0 Å². The Morgan fingerprint density at radius 2 is 1.85 bits per heavy atom. The Bertz CT molecular complexity index is 724. The van der Waals surface area contributed by atoms with Gasteiger partial charge in [-0.3, -0.25) is 9.48 Å². The largest absolute Gasteiger partial charge is 0.378 e. The number of ether oxygens (including phenoxy) is 1. The van der Waals surface area contributed by atoms with E-state index in [1.54, 1.807) is 12.1 Å². The first-order valence-corrected chi connectivity index (χ1v) is 6.87. The van der Waals surface area contributed by atoms with Gasteiger partial charge < -0.3 is 4.74 Å². The molecule has 0 aliphatic carbocycles. The van der Waals surface area contributed by atoms with Gasteiger partial charge in [0.1, 0.15) is 5.56 Å². The number of fused-ring (bicyclic) bond motifs is 1. The van der Waals surface area contributed by atoms with Crippen molar-refractivity contribution in [1.82, 2.24) is 9.36 Å². The second-order valence-corrected chi connectivity index (χ2v) is 5.30. The van der Waals surface area contributed by atoms with E-state index < -0.39 is 11.5 Å². The van der Waals surface area contributed by atoms with Gasteiger partial charge in [0.2, 0.25) is 5.95 Å². The molecule has 0 bridgehead atoms. The van der Waals surface area contributed by atoms with Crippen molar-refractivity contribution in [2.24, 2.45) is 0 Å². The zero-order valence-electron chi connectivity index (χ0n) is 10.4. The summed E-state index contributed by atoms with van der Waals surface area (Å²) in [6, 6.07) is 4.63. The summed E-state index contributed by atoms with van der Waals surface area (Å²) in [6.07, 6.45) is 0. The highest BCUT2D eigenvalue weighted by molar-refractivity contribution is 6.36. The molecule has 0 amide bonds. The molecule has 4 nitrogen and oxygen atoms in total. The van der Waals surface area contributed by atoms with Crippen LogP contribution in [0, 0.1) is 5.95 Å². The fourth-order valence-electron chi connectivity index (χ4n) is 2.33. The highest BCUT2D eigenvalue weighted by Gasteiger charge is 2.24. The third kappa shape index (κ3) is 2.16. The third-order valence-electron chi connectivity index (χ3n) is 3.27. The summed E-state index contributed by atoms with van der Waals surface area (Å²) < 4.78 is 22.4. The average Bonchev–Trinajstić information content (AvgIpc) is 2.61. The zero-order valence-corrected chi connectivity index (χ0v) is 11.9. The van der Waals surface area contributed by atoms with E-state index >= 15 is 0 Å². The fraction of sp³-hybridized carbons (Fsp3) is 0.308. The Hall–Kier alpha value is -1.30. The van der Waals surface area contributed by atoms with Crippen LogP contribution in [0.1, 0.15) is 0 Å². The predicted molar refractivity (Wildman–Crippen MR) is 74.9 cm³/mol. The molecule has 0 spiro atoms. The minimum absolute atomic E-state index is 0.0198. The average molecular weight is 317 g/mol. The van der Waals surface area contributed by atoms with E-state index in [4.69, 9.17) is 27.9 Å². The molecule has 3 rings (SSSR count). The molecule has 0 radical (unpaired) electrons. The minimum atomic E-state index is -0.593. The molecule has 106 valence electrons. The number of halogens is 3. The Labute approximate surface area is 124 Å². The Kier molecular flexibility index (Phi) is 3.58. The van der Waals surface area contributed by atoms with Gasteiger partial charge in [0, 0.05) is 10.6 Å². The van der Waals surface area contributed by atoms with E-state index in [9.17, 15) is 9.18 Å². The normalized spacial score (nSPS) is 14.9. The summed E-state index contributed by atoms with van der Waals surface area (Å²) in [6.45, 7) is 1.38. The Morgan fingerprint density at radius 3 is 2.55 bits per heavy atom. The topological polar surface area (TPSA) is 36.2 Å². The molecule has 1 aliphatic rings. The monoisotopic (exact) mass is 316 g/mol. The molecular weight excluding hydrogens is 306 g/mol. The van der Waals surface area contributed by atoms with Crippen LogP contribution in [0.4, 0.5) is 4.39 Å². The smallest absolute Gasteiger partial charge is 0.277 e. The number of hydrogen-bond donors (Lipinski definition) is 0. The van der Waals surface area contributed by atoms with Crippen LogP contribution in [0.15, 0.2) is 23.0 Å². The summed E-state index contributed by atoms with van der Waals surface area (Å²) in [5, 5.41) is 0.694. The van der Waals surface area contributed by atoms with Crippen molar-refractivity contribution in [2.45, 2.75) is 13.1 Å². The zero-order chi connectivity index (χ0) is 14.3. The van der Waals surface area contributed by atoms with Gasteiger partial charge in [0.15, 0.2) is 0 Å². The Balaban J connectivity index is 2.22. The van der Waals surface area contributed by atoms with Crippen molar-refractivity contribution in [1.29, 1.82) is 0 Å². The molecule has 1 aliphatic heterocycles. The van der Waals surface area contributed by atoms with Crippen LogP contribution < -0.4 is 5.56 Å². The number of nitrogens with zero attached hydrogens (tertiary/aromatic N) is 2. The molecule has 2 aromatic rings. The molecule has 7 heteroatoms. The summed E-state index contributed by atoms with van der Waals surface area (Å²) in [5.74, 6) is -0.593. The van der Waals surface area contributed by atoms with Crippen molar-refractivity contribution in [2.75, 3.05) is 13.2 Å². The van der Waals surface area contributed by atoms with Crippen LogP contribution in [-0.2, 0) is 17.8 Å². The molecule has 0 N–H and O–H groups in total. The van der Waals surface area contributed by atoms with Gasteiger partial charge in [-0.2, -0.15) is 4.39 Å². The van der Waals surface area contributed by atoms with Gasteiger partial charge in [0.05, 0.1) is 31.3 Å². The van der Waals surface area contributed by atoms with E-state index in [-0.39, 0.29) is 10.6 Å². The van der Waals surface area contributed by atoms with Gasteiger partial charge >= 0.3 is 0 Å². The number of rotatable bonds is 1. The molecule has 1 aromatic carbocycles. The van der Waals surface area contributed by atoms with Crippen LogP contribution in [0.25, 0.3) is 11.1 Å². The van der Waals surface area contributed by atoms with Gasteiger partial charge in [-0.25, -0.2) is 4.68 Å². The second-order valence-electron chi connectivity index (χ2n) is 4.45. The van der Waals surface area contributed by atoms with Gasteiger partial charge in [-0.15, -0.1) is 0 Å². The standard InChI is InChI=1S/C13H11Cl2FN2O2/c14-8-1-2-9(10(15)7-8)11-12(16)17-3-5-20-6-4-18(17)13(11)19/h1-2,7H,3-6H2.